The van der Waals surface area contributed by atoms with Crippen molar-refractivity contribution in [3.8, 4) is 11.8 Å². The summed E-state index contributed by atoms with van der Waals surface area (Å²) < 4.78 is 37.5. The largest absolute Gasteiger partial charge is 0.491 e. The molecule has 0 radical (unpaired) electrons. The van der Waals surface area contributed by atoms with Crippen molar-refractivity contribution in [2.75, 3.05) is 30.8 Å². The van der Waals surface area contributed by atoms with Crippen molar-refractivity contribution >= 4 is 45.4 Å². The average Bonchev–Trinajstić information content (AvgIpc) is 3.29. The molecule has 0 aromatic heterocycles. The molecule has 0 bridgehead atoms. The SMILES string of the molecule is COc1c(F)cc(NC(=O)c2cc(C#N)cc(Br)c2NC(=O)OC(=O)N2CCCC2)cc1F. The molecule has 0 atom stereocenters. The number of carbonyl (C=O) groups is 3. The topological polar surface area (TPSA) is 121 Å². The number of hydrogen-bond acceptors (Lipinski definition) is 6. The number of carbonyl (C=O) groups excluding carboxylic acids is 3. The lowest BCUT2D eigenvalue weighted by atomic mass is 10.1. The fourth-order valence-electron chi connectivity index (χ4n) is 3.17. The summed E-state index contributed by atoms with van der Waals surface area (Å²) in [4.78, 5) is 38.5. The van der Waals surface area contributed by atoms with Gasteiger partial charge in [-0.25, -0.2) is 18.4 Å². The molecule has 0 aliphatic carbocycles. The molecular weight excluding hydrogens is 506 g/mol. The Balaban J connectivity index is 1.85. The smallest absolute Gasteiger partial charge is 0.420 e. The number of rotatable bonds is 4. The number of halogens is 3. The Kier molecular flexibility index (Phi) is 7.44. The molecule has 2 aromatic carbocycles. The molecule has 0 spiro atoms. The zero-order valence-electron chi connectivity index (χ0n) is 17.2. The van der Waals surface area contributed by atoms with Crippen molar-refractivity contribution < 1.29 is 32.6 Å². The second kappa shape index (κ2) is 10.3. The Bertz CT molecular complexity index is 1140. The third kappa shape index (κ3) is 5.56. The molecule has 12 heteroatoms. The summed E-state index contributed by atoms with van der Waals surface area (Å²) >= 11 is 3.16. The number of ether oxygens (including phenoxy) is 2. The van der Waals surface area contributed by atoms with Crippen LogP contribution in [0.4, 0.5) is 29.7 Å². The van der Waals surface area contributed by atoms with Gasteiger partial charge in [-0.1, -0.05) is 0 Å². The van der Waals surface area contributed by atoms with Gasteiger partial charge in [-0.2, -0.15) is 5.26 Å². The van der Waals surface area contributed by atoms with Crippen molar-refractivity contribution in [3.63, 3.8) is 0 Å². The molecule has 33 heavy (non-hydrogen) atoms. The van der Waals surface area contributed by atoms with E-state index in [1.54, 1.807) is 0 Å². The molecule has 1 aliphatic rings. The van der Waals surface area contributed by atoms with Crippen LogP contribution in [-0.4, -0.2) is 43.2 Å². The highest BCUT2D eigenvalue weighted by molar-refractivity contribution is 9.10. The summed E-state index contributed by atoms with van der Waals surface area (Å²) in [6.07, 6.45) is -0.374. The van der Waals surface area contributed by atoms with Gasteiger partial charge in [-0.3, -0.25) is 10.1 Å². The summed E-state index contributed by atoms with van der Waals surface area (Å²) in [6.45, 7) is 0.935. The highest BCUT2D eigenvalue weighted by Gasteiger charge is 2.24. The molecule has 172 valence electrons. The maximum absolute atomic E-state index is 14.0. The zero-order chi connectivity index (χ0) is 24.1. The standard InChI is InChI=1S/C21H17BrF2N4O5/c1-32-18-15(23)8-12(9-16(18)24)26-19(29)13-6-11(10-25)7-14(22)17(13)27-20(30)33-21(31)28-4-2-3-5-28/h6-9H,2-5H2,1H3,(H,26,29)(H,27,30). The third-order valence-electron chi connectivity index (χ3n) is 4.70. The molecule has 1 aliphatic heterocycles. The molecule has 9 nitrogen and oxygen atoms in total. The number of methoxy groups -OCH3 is 1. The van der Waals surface area contributed by atoms with E-state index in [0.29, 0.717) is 13.1 Å². The minimum absolute atomic E-state index is 0.0613. The molecule has 2 N–H and O–H groups in total. The number of nitrogens with one attached hydrogen (secondary N) is 2. The molecule has 1 fully saturated rings. The normalized spacial score (nSPS) is 12.6. The summed E-state index contributed by atoms with van der Waals surface area (Å²) in [5.74, 6) is -3.59. The lowest BCUT2D eigenvalue weighted by molar-refractivity contribution is 0.102. The van der Waals surface area contributed by atoms with E-state index in [4.69, 9.17) is 4.74 Å². The maximum Gasteiger partial charge on any atom is 0.420 e. The van der Waals surface area contributed by atoms with Crippen molar-refractivity contribution in [1.29, 1.82) is 5.26 Å². The number of likely N-dealkylation sites (tertiary alicyclic amines) is 1. The van der Waals surface area contributed by atoms with E-state index in [0.717, 1.165) is 38.2 Å². The van der Waals surface area contributed by atoms with Crippen LogP contribution in [0.3, 0.4) is 0 Å². The third-order valence-corrected chi connectivity index (χ3v) is 5.32. The predicted molar refractivity (Wildman–Crippen MR) is 116 cm³/mol. The molecular formula is C21H17BrF2N4O5. The second-order valence-corrected chi connectivity index (χ2v) is 7.75. The first kappa shape index (κ1) is 23.9. The van der Waals surface area contributed by atoms with E-state index in [1.165, 1.54) is 11.0 Å². The zero-order valence-corrected chi connectivity index (χ0v) is 18.8. The quantitative estimate of drug-likeness (QED) is 0.565. The number of anilines is 2. The van der Waals surface area contributed by atoms with Crippen LogP contribution in [0, 0.1) is 23.0 Å². The molecule has 3 amide bonds. The van der Waals surface area contributed by atoms with Gasteiger partial charge in [0.2, 0.25) is 0 Å². The van der Waals surface area contributed by atoms with Crippen LogP contribution in [0.5, 0.6) is 5.75 Å². The van der Waals surface area contributed by atoms with E-state index in [-0.39, 0.29) is 27.0 Å². The summed E-state index contributed by atoms with van der Waals surface area (Å²) in [7, 11) is 1.09. The van der Waals surface area contributed by atoms with Crippen molar-refractivity contribution in [3.05, 3.63) is 51.5 Å². The minimum Gasteiger partial charge on any atom is -0.491 e. The Labute approximate surface area is 195 Å². The average molecular weight is 523 g/mol. The second-order valence-electron chi connectivity index (χ2n) is 6.89. The summed E-state index contributed by atoms with van der Waals surface area (Å²) in [5, 5.41) is 13.8. The van der Waals surface area contributed by atoms with Gasteiger partial charge in [-0.15, -0.1) is 0 Å². The van der Waals surface area contributed by atoms with Gasteiger partial charge in [0.1, 0.15) is 0 Å². The number of amides is 3. The van der Waals surface area contributed by atoms with Crippen LogP contribution in [0.1, 0.15) is 28.8 Å². The van der Waals surface area contributed by atoms with Gasteiger partial charge in [0.25, 0.3) is 5.91 Å². The van der Waals surface area contributed by atoms with Crippen molar-refractivity contribution in [2.45, 2.75) is 12.8 Å². The molecule has 0 saturated carbocycles. The maximum atomic E-state index is 14.0. The van der Waals surface area contributed by atoms with E-state index in [2.05, 4.69) is 31.3 Å². The first-order valence-corrected chi connectivity index (χ1v) is 10.4. The van der Waals surface area contributed by atoms with E-state index < -0.39 is 35.5 Å². The van der Waals surface area contributed by atoms with Crippen LogP contribution in [0.15, 0.2) is 28.7 Å². The van der Waals surface area contributed by atoms with Gasteiger partial charge >= 0.3 is 12.2 Å². The van der Waals surface area contributed by atoms with E-state index >= 15 is 0 Å². The lowest BCUT2D eigenvalue weighted by Crippen LogP contribution is -2.32. The number of hydrogen-bond donors (Lipinski definition) is 2. The number of nitriles is 1. The van der Waals surface area contributed by atoms with Crippen LogP contribution >= 0.6 is 15.9 Å². The van der Waals surface area contributed by atoms with Crippen LogP contribution in [0.25, 0.3) is 0 Å². The molecule has 2 aromatic rings. The molecule has 3 rings (SSSR count). The molecule has 1 saturated heterocycles. The minimum atomic E-state index is -1.15. The Hall–Kier alpha value is -3.72. The fraction of sp³-hybridized carbons (Fsp3) is 0.238. The van der Waals surface area contributed by atoms with Gasteiger partial charge in [0.15, 0.2) is 17.4 Å². The highest BCUT2D eigenvalue weighted by Crippen LogP contribution is 2.31. The van der Waals surface area contributed by atoms with Gasteiger partial charge in [-0.05, 0) is 40.9 Å². The Morgan fingerprint density at radius 3 is 2.30 bits per heavy atom. The fourth-order valence-corrected chi connectivity index (χ4v) is 3.73. The van der Waals surface area contributed by atoms with Crippen LogP contribution in [0.2, 0.25) is 0 Å². The van der Waals surface area contributed by atoms with Crippen LogP contribution in [-0.2, 0) is 4.74 Å². The van der Waals surface area contributed by atoms with Crippen molar-refractivity contribution in [1.82, 2.24) is 4.90 Å². The van der Waals surface area contributed by atoms with Crippen LogP contribution < -0.4 is 15.4 Å². The lowest BCUT2D eigenvalue weighted by Gasteiger charge is -2.16. The van der Waals surface area contributed by atoms with Gasteiger partial charge in [0.05, 0.1) is 30.0 Å². The molecule has 0 unspecified atom stereocenters. The Morgan fingerprint density at radius 1 is 1.09 bits per heavy atom. The first-order chi connectivity index (χ1) is 15.7. The Morgan fingerprint density at radius 2 is 1.73 bits per heavy atom. The van der Waals surface area contributed by atoms with E-state index in [9.17, 15) is 28.4 Å². The van der Waals surface area contributed by atoms with Crippen molar-refractivity contribution in [2.24, 2.45) is 0 Å². The summed E-state index contributed by atoms with van der Waals surface area (Å²) in [6, 6.07) is 6.05. The number of benzene rings is 2. The first-order valence-electron chi connectivity index (χ1n) is 9.59. The monoisotopic (exact) mass is 522 g/mol. The van der Waals surface area contributed by atoms with Gasteiger partial charge in [0, 0.05) is 35.4 Å². The molecule has 1 heterocycles. The van der Waals surface area contributed by atoms with E-state index in [1.807, 2.05) is 6.07 Å². The van der Waals surface area contributed by atoms with Gasteiger partial charge < -0.3 is 19.7 Å². The highest BCUT2D eigenvalue weighted by atomic mass is 79.9. The number of nitrogens with zero attached hydrogens (tertiary/aromatic N) is 2. The predicted octanol–water partition coefficient (Wildman–Crippen LogP) is 4.62. The summed E-state index contributed by atoms with van der Waals surface area (Å²) in [5.41, 5.74) is -0.499.